The molecule has 0 saturated heterocycles. The van der Waals surface area contributed by atoms with Gasteiger partial charge in [0.1, 0.15) is 0 Å². The standard InChI is InChI=1S/C19H20N2O.C2H6/c1-19(2,3)14-8-6-7-13(11-14)12-17-15-9-4-5-10-16(15)18(22)21-20-17;1-2/h4-11H,12H2,1-3H3,(H,21,22);1-2H3. The van der Waals surface area contributed by atoms with Crippen LogP contribution in [0.5, 0.6) is 0 Å². The molecular weight excluding hydrogens is 296 g/mol. The van der Waals surface area contributed by atoms with Crippen molar-refractivity contribution in [1.82, 2.24) is 10.2 Å². The Balaban J connectivity index is 0.00000100. The largest absolute Gasteiger partial charge is 0.272 e. The second-order valence-corrected chi connectivity index (χ2v) is 6.67. The molecule has 24 heavy (non-hydrogen) atoms. The molecule has 0 bridgehead atoms. The quantitative estimate of drug-likeness (QED) is 0.734. The average Bonchev–Trinajstić information content (AvgIpc) is 2.59. The molecule has 2 aromatic carbocycles. The Kier molecular flexibility index (Phi) is 5.55. The fraction of sp³-hybridized carbons (Fsp3) is 0.333. The number of aromatic nitrogens is 2. The van der Waals surface area contributed by atoms with E-state index in [1.165, 1.54) is 11.1 Å². The molecule has 0 saturated carbocycles. The van der Waals surface area contributed by atoms with Gasteiger partial charge in [0.2, 0.25) is 0 Å². The monoisotopic (exact) mass is 322 g/mol. The lowest BCUT2D eigenvalue weighted by Gasteiger charge is -2.19. The lowest BCUT2D eigenvalue weighted by molar-refractivity contribution is 0.589. The normalized spacial score (nSPS) is 11.0. The van der Waals surface area contributed by atoms with Gasteiger partial charge in [-0.15, -0.1) is 0 Å². The number of benzene rings is 2. The molecule has 1 aromatic heterocycles. The maximum Gasteiger partial charge on any atom is 0.272 e. The Morgan fingerprint density at radius 1 is 0.958 bits per heavy atom. The number of fused-ring (bicyclic) bond motifs is 1. The van der Waals surface area contributed by atoms with Crippen molar-refractivity contribution in [3.05, 3.63) is 75.7 Å². The fourth-order valence-corrected chi connectivity index (χ4v) is 2.65. The van der Waals surface area contributed by atoms with E-state index in [1.54, 1.807) is 0 Å². The minimum absolute atomic E-state index is 0.122. The Morgan fingerprint density at radius 3 is 2.29 bits per heavy atom. The van der Waals surface area contributed by atoms with Gasteiger partial charge in [-0.3, -0.25) is 4.79 Å². The summed E-state index contributed by atoms with van der Waals surface area (Å²) in [7, 11) is 0. The zero-order valence-corrected chi connectivity index (χ0v) is 15.2. The molecule has 0 spiro atoms. The number of H-pyrrole nitrogens is 1. The number of hydrogen-bond acceptors (Lipinski definition) is 2. The van der Waals surface area contributed by atoms with E-state index in [0.717, 1.165) is 11.1 Å². The molecular formula is C21H26N2O. The van der Waals surface area contributed by atoms with E-state index in [2.05, 4.69) is 55.2 Å². The Bertz CT molecular complexity index is 873. The summed E-state index contributed by atoms with van der Waals surface area (Å²) in [5, 5.41) is 8.48. The van der Waals surface area contributed by atoms with Gasteiger partial charge in [-0.25, -0.2) is 5.10 Å². The smallest absolute Gasteiger partial charge is 0.267 e. The minimum atomic E-state index is -0.136. The zero-order valence-electron chi connectivity index (χ0n) is 15.2. The van der Waals surface area contributed by atoms with E-state index in [-0.39, 0.29) is 11.0 Å². The van der Waals surface area contributed by atoms with Crippen molar-refractivity contribution in [1.29, 1.82) is 0 Å². The molecule has 0 amide bonds. The van der Waals surface area contributed by atoms with Gasteiger partial charge in [-0.2, -0.15) is 5.10 Å². The molecule has 0 aliphatic rings. The molecule has 126 valence electrons. The highest BCUT2D eigenvalue weighted by Gasteiger charge is 2.14. The third-order valence-electron chi connectivity index (χ3n) is 3.94. The van der Waals surface area contributed by atoms with Crippen LogP contribution in [-0.4, -0.2) is 10.2 Å². The number of hydrogen-bond donors (Lipinski definition) is 1. The van der Waals surface area contributed by atoms with Gasteiger partial charge < -0.3 is 0 Å². The van der Waals surface area contributed by atoms with Crippen LogP contribution in [0.4, 0.5) is 0 Å². The Labute approximate surface area is 143 Å². The predicted molar refractivity (Wildman–Crippen MR) is 102 cm³/mol. The van der Waals surface area contributed by atoms with Gasteiger partial charge in [0, 0.05) is 11.8 Å². The molecule has 0 fully saturated rings. The first-order valence-corrected chi connectivity index (χ1v) is 8.51. The van der Waals surface area contributed by atoms with Crippen LogP contribution in [0.1, 0.15) is 51.4 Å². The highest BCUT2D eigenvalue weighted by Crippen LogP contribution is 2.24. The summed E-state index contributed by atoms with van der Waals surface area (Å²) < 4.78 is 0. The second-order valence-electron chi connectivity index (χ2n) is 6.67. The maximum atomic E-state index is 11.9. The van der Waals surface area contributed by atoms with Crippen LogP contribution in [0.2, 0.25) is 0 Å². The third kappa shape index (κ3) is 3.91. The summed E-state index contributed by atoms with van der Waals surface area (Å²) in [4.78, 5) is 11.9. The Hall–Kier alpha value is -2.42. The van der Waals surface area contributed by atoms with Crippen molar-refractivity contribution >= 4 is 10.8 Å². The summed E-state index contributed by atoms with van der Waals surface area (Å²) in [5.41, 5.74) is 3.40. The molecule has 3 rings (SSSR count). The first-order chi connectivity index (χ1) is 11.4. The van der Waals surface area contributed by atoms with Gasteiger partial charge in [0.05, 0.1) is 11.1 Å². The van der Waals surface area contributed by atoms with Crippen LogP contribution >= 0.6 is 0 Å². The lowest BCUT2D eigenvalue weighted by atomic mass is 9.86. The molecule has 3 aromatic rings. The van der Waals surface area contributed by atoms with Crippen molar-refractivity contribution in [3.63, 3.8) is 0 Å². The topological polar surface area (TPSA) is 45.8 Å². The molecule has 0 atom stereocenters. The summed E-state index contributed by atoms with van der Waals surface area (Å²) in [5.74, 6) is 0. The van der Waals surface area contributed by atoms with Gasteiger partial charge >= 0.3 is 0 Å². The molecule has 1 N–H and O–H groups in total. The van der Waals surface area contributed by atoms with Crippen molar-refractivity contribution < 1.29 is 0 Å². The third-order valence-corrected chi connectivity index (χ3v) is 3.94. The first-order valence-electron chi connectivity index (χ1n) is 8.51. The SMILES string of the molecule is CC.CC(C)(C)c1cccc(Cc2n[nH]c(=O)c3ccccc23)c1. The van der Waals surface area contributed by atoms with E-state index in [1.807, 2.05) is 38.1 Å². The number of aromatic amines is 1. The van der Waals surface area contributed by atoms with Crippen LogP contribution in [0, 0.1) is 0 Å². The lowest BCUT2D eigenvalue weighted by Crippen LogP contribution is -2.13. The highest BCUT2D eigenvalue weighted by molar-refractivity contribution is 5.83. The van der Waals surface area contributed by atoms with Gasteiger partial charge in [-0.05, 0) is 22.6 Å². The second kappa shape index (κ2) is 7.43. The molecule has 1 heterocycles. The minimum Gasteiger partial charge on any atom is -0.267 e. The molecule has 0 aliphatic carbocycles. The molecule has 0 unspecified atom stereocenters. The maximum absolute atomic E-state index is 11.9. The summed E-state index contributed by atoms with van der Waals surface area (Å²) in [6.45, 7) is 10.6. The van der Waals surface area contributed by atoms with Crippen LogP contribution in [0.15, 0.2) is 53.3 Å². The van der Waals surface area contributed by atoms with Gasteiger partial charge in [0.25, 0.3) is 5.56 Å². The summed E-state index contributed by atoms with van der Waals surface area (Å²) in [6, 6.07) is 16.2. The zero-order chi connectivity index (χ0) is 17.7. The van der Waals surface area contributed by atoms with Crippen molar-refractivity contribution in [2.75, 3.05) is 0 Å². The van der Waals surface area contributed by atoms with E-state index < -0.39 is 0 Å². The van der Waals surface area contributed by atoms with Crippen LogP contribution in [0.25, 0.3) is 10.8 Å². The fourth-order valence-electron chi connectivity index (χ4n) is 2.65. The van der Waals surface area contributed by atoms with E-state index in [4.69, 9.17) is 0 Å². The summed E-state index contributed by atoms with van der Waals surface area (Å²) >= 11 is 0. The van der Waals surface area contributed by atoms with Crippen LogP contribution in [-0.2, 0) is 11.8 Å². The predicted octanol–water partition coefficient (Wildman–Crippen LogP) is 4.84. The first kappa shape index (κ1) is 17.9. The van der Waals surface area contributed by atoms with Crippen molar-refractivity contribution in [2.45, 2.75) is 46.5 Å². The van der Waals surface area contributed by atoms with Gasteiger partial charge in [-0.1, -0.05) is 77.1 Å². The molecule has 3 nitrogen and oxygen atoms in total. The van der Waals surface area contributed by atoms with E-state index >= 15 is 0 Å². The number of nitrogens with one attached hydrogen (secondary N) is 1. The molecule has 3 heteroatoms. The number of nitrogens with zero attached hydrogens (tertiary/aromatic N) is 1. The van der Waals surface area contributed by atoms with Crippen LogP contribution in [0.3, 0.4) is 0 Å². The van der Waals surface area contributed by atoms with Crippen LogP contribution < -0.4 is 5.56 Å². The highest BCUT2D eigenvalue weighted by atomic mass is 16.1. The van der Waals surface area contributed by atoms with E-state index in [9.17, 15) is 4.79 Å². The van der Waals surface area contributed by atoms with Gasteiger partial charge in [0.15, 0.2) is 0 Å². The van der Waals surface area contributed by atoms with Crippen molar-refractivity contribution in [2.24, 2.45) is 0 Å². The molecule has 0 aliphatic heterocycles. The average molecular weight is 322 g/mol. The Morgan fingerprint density at radius 2 is 1.62 bits per heavy atom. The summed E-state index contributed by atoms with van der Waals surface area (Å²) in [6.07, 6.45) is 0.710. The van der Waals surface area contributed by atoms with Crippen molar-refractivity contribution in [3.8, 4) is 0 Å². The molecule has 0 radical (unpaired) electrons. The van der Waals surface area contributed by atoms with E-state index in [0.29, 0.717) is 11.8 Å². The number of rotatable bonds is 2.